The first kappa shape index (κ1) is 21.3. The van der Waals surface area contributed by atoms with E-state index in [0.29, 0.717) is 24.7 Å². The zero-order valence-electron chi connectivity index (χ0n) is 16.6. The van der Waals surface area contributed by atoms with Gasteiger partial charge < -0.3 is 15.5 Å². The minimum Gasteiger partial charge on any atom is -0.347 e. The number of rotatable bonds is 5. The molecule has 0 aliphatic carbocycles. The first-order valence-electron chi connectivity index (χ1n) is 9.93. The zero-order valence-corrected chi connectivity index (χ0v) is 17.4. The number of halogens is 1. The molecule has 29 heavy (non-hydrogen) atoms. The van der Waals surface area contributed by atoms with Crippen molar-refractivity contribution < 1.29 is 9.59 Å². The van der Waals surface area contributed by atoms with Crippen molar-refractivity contribution in [3.63, 3.8) is 0 Å². The lowest BCUT2D eigenvalue weighted by molar-refractivity contribution is -0.117. The Kier molecular flexibility index (Phi) is 6.87. The number of hydrogen-bond donors (Lipinski definition) is 2. The van der Waals surface area contributed by atoms with Crippen LogP contribution in [0.15, 0.2) is 24.3 Å². The second kappa shape index (κ2) is 9.37. The number of carbonyl (C=O) groups is 2. The van der Waals surface area contributed by atoms with Crippen LogP contribution in [-0.2, 0) is 11.3 Å². The summed E-state index contributed by atoms with van der Waals surface area (Å²) >= 11 is 0. The Balaban J connectivity index is 0.00000240. The molecular weight excluding hydrogens is 392 g/mol. The van der Waals surface area contributed by atoms with E-state index in [0.717, 1.165) is 55.8 Å². The Labute approximate surface area is 176 Å². The number of piperidine rings is 1. The van der Waals surface area contributed by atoms with Crippen LogP contribution in [0.25, 0.3) is 0 Å². The lowest BCUT2D eigenvalue weighted by Crippen LogP contribution is -2.30. The van der Waals surface area contributed by atoms with Crippen LogP contribution in [-0.4, -0.2) is 46.4 Å². The van der Waals surface area contributed by atoms with Crippen molar-refractivity contribution in [1.29, 1.82) is 0 Å². The molecule has 0 saturated carbocycles. The summed E-state index contributed by atoms with van der Waals surface area (Å²) < 4.78 is 1.89. The van der Waals surface area contributed by atoms with Crippen LogP contribution in [0.1, 0.15) is 53.5 Å². The minimum absolute atomic E-state index is 0. The van der Waals surface area contributed by atoms with Gasteiger partial charge in [-0.25, -0.2) is 4.68 Å². The van der Waals surface area contributed by atoms with Crippen LogP contribution in [0.2, 0.25) is 0 Å². The third-order valence-corrected chi connectivity index (χ3v) is 5.57. The molecule has 0 radical (unpaired) electrons. The van der Waals surface area contributed by atoms with Gasteiger partial charge in [-0.2, -0.15) is 0 Å². The van der Waals surface area contributed by atoms with E-state index in [-0.39, 0.29) is 24.2 Å². The summed E-state index contributed by atoms with van der Waals surface area (Å²) in [6.07, 6.45) is 3.53. The molecule has 2 aliphatic heterocycles. The first-order chi connectivity index (χ1) is 13.6. The van der Waals surface area contributed by atoms with Gasteiger partial charge >= 0.3 is 0 Å². The third kappa shape index (κ3) is 4.59. The Morgan fingerprint density at radius 2 is 1.97 bits per heavy atom. The maximum Gasteiger partial charge on any atom is 0.274 e. The number of nitrogens with zero attached hydrogens (tertiary/aromatic N) is 4. The summed E-state index contributed by atoms with van der Waals surface area (Å²) in [6, 6.07) is 8.06. The lowest BCUT2D eigenvalue weighted by atomic mass is 10.1. The average molecular weight is 419 g/mol. The summed E-state index contributed by atoms with van der Waals surface area (Å²) in [4.78, 5) is 26.2. The maximum absolute atomic E-state index is 12.6. The van der Waals surface area contributed by atoms with E-state index in [9.17, 15) is 9.59 Å². The molecule has 8 nitrogen and oxygen atoms in total. The van der Waals surface area contributed by atoms with Crippen LogP contribution >= 0.6 is 12.4 Å². The predicted octanol–water partition coefficient (Wildman–Crippen LogP) is 1.99. The monoisotopic (exact) mass is 418 g/mol. The van der Waals surface area contributed by atoms with Crippen LogP contribution < -0.4 is 15.5 Å². The highest BCUT2D eigenvalue weighted by Crippen LogP contribution is 2.22. The lowest BCUT2D eigenvalue weighted by Gasteiger charge is -2.23. The number of aromatic nitrogens is 3. The summed E-state index contributed by atoms with van der Waals surface area (Å²) in [6.45, 7) is 5.02. The quantitative estimate of drug-likeness (QED) is 0.774. The Morgan fingerprint density at radius 1 is 1.24 bits per heavy atom. The van der Waals surface area contributed by atoms with Crippen LogP contribution in [0.5, 0.6) is 0 Å². The number of carbonyl (C=O) groups excluding carboxylic acids is 2. The number of nitrogens with one attached hydrogen (secondary N) is 2. The number of benzene rings is 1. The maximum atomic E-state index is 12.6. The molecule has 2 saturated heterocycles. The Morgan fingerprint density at radius 3 is 2.62 bits per heavy atom. The topological polar surface area (TPSA) is 92.2 Å². The van der Waals surface area contributed by atoms with E-state index in [2.05, 4.69) is 20.9 Å². The van der Waals surface area contributed by atoms with E-state index < -0.39 is 0 Å². The molecular formula is C20H27ClN6O2. The van der Waals surface area contributed by atoms with E-state index in [1.807, 2.05) is 40.8 Å². The molecule has 2 N–H and O–H groups in total. The Bertz CT molecular complexity index is 860. The summed E-state index contributed by atoms with van der Waals surface area (Å²) in [5.74, 6) is -0.0372. The van der Waals surface area contributed by atoms with E-state index in [4.69, 9.17) is 0 Å². The summed E-state index contributed by atoms with van der Waals surface area (Å²) in [5.41, 5.74) is 3.09. The smallest absolute Gasteiger partial charge is 0.274 e. The molecule has 2 aliphatic rings. The van der Waals surface area contributed by atoms with Gasteiger partial charge in [0.1, 0.15) is 0 Å². The van der Waals surface area contributed by atoms with Crippen LogP contribution in [0.4, 0.5) is 5.69 Å². The highest BCUT2D eigenvalue weighted by molar-refractivity contribution is 5.95. The fourth-order valence-corrected chi connectivity index (χ4v) is 3.93. The van der Waals surface area contributed by atoms with Crippen molar-refractivity contribution in [2.24, 2.45) is 0 Å². The average Bonchev–Trinajstić information content (AvgIpc) is 3.33. The highest BCUT2D eigenvalue weighted by Gasteiger charge is 2.23. The second-order valence-corrected chi connectivity index (χ2v) is 7.45. The molecule has 4 rings (SSSR count). The second-order valence-electron chi connectivity index (χ2n) is 7.45. The molecule has 0 bridgehead atoms. The SMILES string of the molecule is Cc1c(C(=O)NCc2ccc(N3CCCC3=O)cc2)nnn1C1CCNCC1.Cl. The normalized spacial score (nSPS) is 17.3. The van der Waals surface area contributed by atoms with Crippen molar-refractivity contribution in [1.82, 2.24) is 25.6 Å². The van der Waals surface area contributed by atoms with Gasteiger partial charge in [0.2, 0.25) is 5.91 Å². The molecule has 0 spiro atoms. The number of anilines is 1. The standard InChI is InChI=1S/C20H26N6O2.ClH/c1-14-19(23-24-26(14)17-8-10-21-11-9-17)20(28)22-13-15-4-6-16(7-5-15)25-12-2-3-18(25)27;/h4-7,17,21H,2-3,8-13H2,1H3,(H,22,28);1H. The molecule has 1 aromatic carbocycles. The highest BCUT2D eigenvalue weighted by atomic mass is 35.5. The molecule has 156 valence electrons. The largest absolute Gasteiger partial charge is 0.347 e. The van der Waals surface area contributed by atoms with Gasteiger partial charge in [0.05, 0.1) is 11.7 Å². The Hall–Kier alpha value is -2.45. The van der Waals surface area contributed by atoms with Gasteiger partial charge in [-0.1, -0.05) is 17.3 Å². The van der Waals surface area contributed by atoms with Gasteiger partial charge in [0.25, 0.3) is 5.91 Å². The van der Waals surface area contributed by atoms with Gasteiger partial charge in [-0.3, -0.25) is 9.59 Å². The summed E-state index contributed by atoms with van der Waals surface area (Å²) in [7, 11) is 0. The fourth-order valence-electron chi connectivity index (χ4n) is 3.93. The van der Waals surface area contributed by atoms with Crippen molar-refractivity contribution in [2.75, 3.05) is 24.5 Å². The molecule has 2 amide bonds. The molecule has 0 atom stereocenters. The molecule has 0 unspecified atom stereocenters. The van der Waals surface area contributed by atoms with Crippen molar-refractivity contribution in [3.05, 3.63) is 41.2 Å². The van der Waals surface area contributed by atoms with E-state index >= 15 is 0 Å². The molecule has 2 aromatic rings. The molecule has 3 heterocycles. The van der Waals surface area contributed by atoms with Crippen molar-refractivity contribution in [2.45, 2.75) is 45.2 Å². The minimum atomic E-state index is -0.212. The van der Waals surface area contributed by atoms with Crippen LogP contribution in [0.3, 0.4) is 0 Å². The predicted molar refractivity (Wildman–Crippen MR) is 112 cm³/mol. The van der Waals surface area contributed by atoms with Gasteiger partial charge in [-0.15, -0.1) is 17.5 Å². The molecule has 2 fully saturated rings. The third-order valence-electron chi connectivity index (χ3n) is 5.57. The van der Waals surface area contributed by atoms with Gasteiger partial charge in [0.15, 0.2) is 5.69 Å². The molecule has 1 aromatic heterocycles. The number of hydrogen-bond acceptors (Lipinski definition) is 5. The fraction of sp³-hybridized carbons (Fsp3) is 0.500. The summed E-state index contributed by atoms with van der Waals surface area (Å²) in [5, 5.41) is 14.6. The van der Waals surface area contributed by atoms with E-state index in [1.54, 1.807) is 0 Å². The van der Waals surface area contributed by atoms with Gasteiger partial charge in [0, 0.05) is 25.2 Å². The van der Waals surface area contributed by atoms with Gasteiger partial charge in [-0.05, 0) is 57.0 Å². The zero-order chi connectivity index (χ0) is 19.5. The first-order valence-corrected chi connectivity index (χ1v) is 9.93. The molecule has 9 heteroatoms. The number of amides is 2. The van der Waals surface area contributed by atoms with Crippen molar-refractivity contribution >= 4 is 29.9 Å². The van der Waals surface area contributed by atoms with Crippen LogP contribution in [0, 0.1) is 6.92 Å². The van der Waals surface area contributed by atoms with E-state index in [1.165, 1.54) is 0 Å². The van der Waals surface area contributed by atoms with Crippen molar-refractivity contribution in [3.8, 4) is 0 Å².